The molecule has 134 valence electrons. The molecule has 2 aromatic carbocycles. The molecule has 2 N–H and O–H groups in total. The zero-order valence-corrected chi connectivity index (χ0v) is 16.5. The van der Waals surface area contributed by atoms with Crippen LogP contribution in [-0.2, 0) is 16.6 Å². The summed E-state index contributed by atoms with van der Waals surface area (Å²) in [5.74, 6) is 0.283. The topological polar surface area (TPSA) is 62.0 Å². The number of hydrogen-bond acceptors (Lipinski definition) is 3. The molecule has 1 aliphatic rings. The van der Waals surface area contributed by atoms with E-state index in [0.29, 0.717) is 24.5 Å². The summed E-state index contributed by atoms with van der Waals surface area (Å²) in [7, 11) is -3.43. The largest absolute Gasteiger partial charge is 0.507 e. The number of piperazine rings is 1. The number of nitrogens with zero attached hydrogens (tertiary/aromatic N) is 1. The van der Waals surface area contributed by atoms with Crippen molar-refractivity contribution in [2.75, 3.05) is 26.2 Å². The van der Waals surface area contributed by atoms with Gasteiger partial charge in [-0.15, -0.1) is 0 Å². The molecule has 7 heteroatoms. The highest BCUT2D eigenvalue weighted by Gasteiger charge is 2.30. The minimum atomic E-state index is -3.43. The third kappa shape index (κ3) is 4.23. The van der Waals surface area contributed by atoms with E-state index < -0.39 is 10.0 Å². The monoisotopic (exact) mass is 425 g/mol. The molecule has 0 amide bonds. The lowest BCUT2D eigenvalue weighted by Gasteiger charge is -2.31. The molecule has 1 saturated heterocycles. The maximum atomic E-state index is 12.7. The molecule has 1 fully saturated rings. The van der Waals surface area contributed by atoms with E-state index in [9.17, 15) is 13.5 Å². The first-order chi connectivity index (χ1) is 11.9. The highest BCUT2D eigenvalue weighted by Crippen LogP contribution is 2.21. The third-order valence-electron chi connectivity index (χ3n) is 4.57. The molecular weight excluding hydrogens is 404 g/mol. The van der Waals surface area contributed by atoms with Crippen molar-refractivity contribution in [3.63, 3.8) is 0 Å². The van der Waals surface area contributed by atoms with Crippen molar-refractivity contribution in [3.8, 4) is 5.75 Å². The van der Waals surface area contributed by atoms with Crippen LogP contribution in [0.3, 0.4) is 0 Å². The van der Waals surface area contributed by atoms with E-state index in [1.165, 1.54) is 4.90 Å². The summed E-state index contributed by atoms with van der Waals surface area (Å²) < 4.78 is 28.0. The summed E-state index contributed by atoms with van der Waals surface area (Å²) in [6.07, 6.45) is 0. The van der Waals surface area contributed by atoms with Crippen LogP contribution in [0.4, 0.5) is 0 Å². The molecule has 0 bridgehead atoms. The number of aryl methyl sites for hydroxylation is 1. The van der Waals surface area contributed by atoms with Crippen LogP contribution in [0.25, 0.3) is 0 Å². The number of halogens is 1. The van der Waals surface area contributed by atoms with Crippen molar-refractivity contribution >= 4 is 26.0 Å². The fourth-order valence-electron chi connectivity index (χ4n) is 3.04. The molecule has 0 atom stereocenters. The molecular formula is C18H22BrN2O3S+. The van der Waals surface area contributed by atoms with Gasteiger partial charge in [-0.05, 0) is 37.3 Å². The average Bonchev–Trinajstić information content (AvgIpc) is 2.59. The van der Waals surface area contributed by atoms with Gasteiger partial charge in [0, 0.05) is 10.0 Å². The van der Waals surface area contributed by atoms with E-state index in [1.807, 2.05) is 25.1 Å². The van der Waals surface area contributed by atoms with Crippen LogP contribution in [0.2, 0.25) is 0 Å². The quantitative estimate of drug-likeness (QED) is 0.780. The summed E-state index contributed by atoms with van der Waals surface area (Å²) in [5, 5.41) is 9.98. The van der Waals surface area contributed by atoms with E-state index in [-0.39, 0.29) is 5.75 Å². The first kappa shape index (κ1) is 18.4. The number of quaternary nitrogens is 1. The molecule has 0 radical (unpaired) electrons. The average molecular weight is 426 g/mol. The first-order valence-corrected chi connectivity index (χ1v) is 10.5. The normalized spacial score (nSPS) is 16.9. The second-order valence-electron chi connectivity index (χ2n) is 6.42. The van der Waals surface area contributed by atoms with E-state index in [4.69, 9.17) is 0 Å². The zero-order valence-electron chi connectivity index (χ0n) is 14.1. The van der Waals surface area contributed by atoms with Crippen LogP contribution in [0.5, 0.6) is 5.75 Å². The highest BCUT2D eigenvalue weighted by atomic mass is 79.9. The SMILES string of the molecule is Cc1ccc(S(=O)(=O)N2CC[NH+](Cc3cc(Br)ccc3O)CC2)cc1. The number of benzene rings is 2. The number of nitrogens with one attached hydrogen (secondary N) is 1. The van der Waals surface area contributed by atoms with Crippen LogP contribution >= 0.6 is 15.9 Å². The molecule has 2 aromatic rings. The van der Waals surface area contributed by atoms with E-state index in [1.54, 1.807) is 28.6 Å². The van der Waals surface area contributed by atoms with Crippen molar-refractivity contribution in [1.82, 2.24) is 4.31 Å². The van der Waals surface area contributed by atoms with Crippen LogP contribution in [0.15, 0.2) is 51.8 Å². The van der Waals surface area contributed by atoms with Crippen molar-refractivity contribution in [3.05, 3.63) is 58.1 Å². The van der Waals surface area contributed by atoms with Crippen LogP contribution in [0.1, 0.15) is 11.1 Å². The van der Waals surface area contributed by atoms with Gasteiger partial charge in [0.25, 0.3) is 0 Å². The molecule has 5 nitrogen and oxygen atoms in total. The van der Waals surface area contributed by atoms with Gasteiger partial charge in [-0.2, -0.15) is 4.31 Å². The Labute approximate surface area is 157 Å². The molecule has 0 spiro atoms. The summed E-state index contributed by atoms with van der Waals surface area (Å²) in [6, 6.07) is 12.4. The summed E-state index contributed by atoms with van der Waals surface area (Å²) >= 11 is 3.42. The van der Waals surface area contributed by atoms with Gasteiger partial charge >= 0.3 is 0 Å². The Kier molecular flexibility index (Phi) is 5.48. The maximum absolute atomic E-state index is 12.7. The molecule has 0 aromatic heterocycles. The Morgan fingerprint density at radius 1 is 1.12 bits per heavy atom. The molecule has 25 heavy (non-hydrogen) atoms. The van der Waals surface area contributed by atoms with Crippen LogP contribution in [0, 0.1) is 6.92 Å². The predicted octanol–water partition coefficient (Wildman–Crippen LogP) is 1.55. The maximum Gasteiger partial charge on any atom is 0.243 e. The Morgan fingerprint density at radius 2 is 1.76 bits per heavy atom. The first-order valence-electron chi connectivity index (χ1n) is 8.24. The lowest BCUT2D eigenvalue weighted by atomic mass is 10.2. The van der Waals surface area contributed by atoms with Crippen molar-refractivity contribution < 1.29 is 18.4 Å². The fraction of sp³-hybridized carbons (Fsp3) is 0.333. The van der Waals surface area contributed by atoms with Gasteiger partial charge in [0.1, 0.15) is 12.3 Å². The molecule has 0 aliphatic carbocycles. The van der Waals surface area contributed by atoms with Gasteiger partial charge in [0.2, 0.25) is 10.0 Å². The number of phenols is 1. The molecule has 1 aliphatic heterocycles. The molecule has 1 heterocycles. The summed E-state index contributed by atoms with van der Waals surface area (Å²) in [5.41, 5.74) is 1.92. The molecule has 0 saturated carbocycles. The number of aromatic hydroxyl groups is 1. The smallest absolute Gasteiger partial charge is 0.243 e. The van der Waals surface area contributed by atoms with E-state index in [0.717, 1.165) is 28.7 Å². The Balaban J connectivity index is 1.65. The molecule has 3 rings (SSSR count). The van der Waals surface area contributed by atoms with Crippen LogP contribution < -0.4 is 4.90 Å². The number of phenolic OH excluding ortho intramolecular Hbond substituents is 1. The Morgan fingerprint density at radius 3 is 2.40 bits per heavy atom. The second kappa shape index (κ2) is 7.45. The van der Waals surface area contributed by atoms with E-state index in [2.05, 4.69) is 15.9 Å². The lowest BCUT2D eigenvalue weighted by molar-refractivity contribution is -0.917. The van der Waals surface area contributed by atoms with Crippen LogP contribution in [-0.4, -0.2) is 44.0 Å². The standard InChI is InChI=1S/C18H21BrN2O3S/c1-14-2-5-17(6-3-14)25(23,24)21-10-8-20(9-11-21)13-15-12-16(19)4-7-18(15)22/h2-7,12,22H,8-11,13H2,1H3/p+1. The van der Waals surface area contributed by atoms with Gasteiger partial charge in [-0.3, -0.25) is 0 Å². The van der Waals surface area contributed by atoms with Gasteiger partial charge in [0.05, 0.1) is 31.1 Å². The number of hydrogen-bond donors (Lipinski definition) is 2. The predicted molar refractivity (Wildman–Crippen MR) is 100 cm³/mol. The van der Waals surface area contributed by atoms with Crippen molar-refractivity contribution in [1.29, 1.82) is 0 Å². The number of sulfonamides is 1. The Hall–Kier alpha value is -1.41. The lowest BCUT2D eigenvalue weighted by Crippen LogP contribution is -3.13. The van der Waals surface area contributed by atoms with Crippen molar-refractivity contribution in [2.45, 2.75) is 18.4 Å². The summed E-state index contributed by atoms with van der Waals surface area (Å²) in [4.78, 5) is 1.62. The minimum Gasteiger partial charge on any atom is -0.507 e. The Bertz CT molecular complexity index is 845. The summed E-state index contributed by atoms with van der Waals surface area (Å²) in [6.45, 7) is 5.04. The third-order valence-corrected chi connectivity index (χ3v) is 6.98. The molecule has 0 unspecified atom stereocenters. The highest BCUT2D eigenvalue weighted by molar-refractivity contribution is 9.10. The van der Waals surface area contributed by atoms with Gasteiger partial charge in [-0.25, -0.2) is 8.42 Å². The van der Waals surface area contributed by atoms with Crippen molar-refractivity contribution in [2.24, 2.45) is 0 Å². The van der Waals surface area contributed by atoms with Gasteiger partial charge in [0.15, 0.2) is 0 Å². The van der Waals surface area contributed by atoms with Gasteiger partial charge < -0.3 is 10.0 Å². The van der Waals surface area contributed by atoms with E-state index >= 15 is 0 Å². The second-order valence-corrected chi connectivity index (χ2v) is 9.27. The van der Waals surface area contributed by atoms with Gasteiger partial charge in [-0.1, -0.05) is 33.6 Å². The zero-order chi connectivity index (χ0) is 18.0. The number of rotatable bonds is 4. The fourth-order valence-corrected chi connectivity index (χ4v) is 4.89. The minimum absolute atomic E-state index is 0.283.